The highest BCUT2D eigenvalue weighted by Crippen LogP contribution is 2.10. The highest BCUT2D eigenvalue weighted by atomic mass is 19.1. The zero-order valence-corrected chi connectivity index (χ0v) is 14.4. The Morgan fingerprint density at radius 3 is 2.65 bits per heavy atom. The Morgan fingerprint density at radius 1 is 1.22 bits per heavy atom. The number of hydrogen-bond acceptors (Lipinski definition) is 2. The summed E-state index contributed by atoms with van der Waals surface area (Å²) in [6.07, 6.45) is 4.69. The molecule has 5 heteroatoms. The Kier molecular flexibility index (Phi) is 7.33. The SMILES string of the molecule is CN=C(NCCCN1CCCC1)NCCc1ccc(F)cc1C. The number of nitrogens with zero attached hydrogens (tertiary/aromatic N) is 2. The third-order valence-corrected chi connectivity index (χ3v) is 4.36. The zero-order valence-electron chi connectivity index (χ0n) is 14.4. The van der Waals surface area contributed by atoms with Crippen molar-refractivity contribution in [2.75, 3.05) is 39.8 Å². The topological polar surface area (TPSA) is 39.7 Å². The van der Waals surface area contributed by atoms with Gasteiger partial charge in [-0.1, -0.05) is 6.07 Å². The molecule has 1 aromatic rings. The molecule has 0 unspecified atom stereocenters. The highest BCUT2D eigenvalue weighted by Gasteiger charge is 2.10. The maximum absolute atomic E-state index is 13.1. The number of aryl methyl sites for hydroxylation is 1. The molecule has 0 radical (unpaired) electrons. The molecule has 1 fully saturated rings. The molecule has 0 bridgehead atoms. The van der Waals surface area contributed by atoms with Gasteiger partial charge in [0.2, 0.25) is 0 Å². The van der Waals surface area contributed by atoms with Crippen LogP contribution in [0.2, 0.25) is 0 Å². The first kappa shape index (κ1) is 17.7. The molecule has 0 aromatic heterocycles. The molecule has 2 rings (SSSR count). The van der Waals surface area contributed by atoms with Crippen molar-refractivity contribution in [1.82, 2.24) is 15.5 Å². The number of aliphatic imine (C=N–C) groups is 1. The van der Waals surface area contributed by atoms with Gasteiger partial charge in [0.25, 0.3) is 0 Å². The van der Waals surface area contributed by atoms with Crippen molar-refractivity contribution in [3.63, 3.8) is 0 Å². The van der Waals surface area contributed by atoms with Crippen LogP contribution in [0.3, 0.4) is 0 Å². The molecule has 0 saturated carbocycles. The number of rotatable bonds is 7. The van der Waals surface area contributed by atoms with E-state index >= 15 is 0 Å². The standard InChI is InChI=1S/C18H29FN4/c1-15-14-17(19)7-6-16(15)8-10-22-18(20-2)21-9-5-13-23-11-3-4-12-23/h6-7,14H,3-5,8-13H2,1-2H3,(H2,20,21,22). The summed E-state index contributed by atoms with van der Waals surface area (Å²) in [6, 6.07) is 4.97. The van der Waals surface area contributed by atoms with Gasteiger partial charge in [-0.25, -0.2) is 4.39 Å². The second-order valence-corrected chi connectivity index (χ2v) is 6.15. The van der Waals surface area contributed by atoms with Crippen molar-refractivity contribution in [2.24, 2.45) is 4.99 Å². The van der Waals surface area contributed by atoms with E-state index in [0.29, 0.717) is 0 Å². The van der Waals surface area contributed by atoms with Crippen molar-refractivity contribution in [3.05, 3.63) is 35.1 Å². The minimum atomic E-state index is -0.172. The maximum Gasteiger partial charge on any atom is 0.190 e. The van der Waals surface area contributed by atoms with Gasteiger partial charge in [-0.2, -0.15) is 0 Å². The zero-order chi connectivity index (χ0) is 16.5. The van der Waals surface area contributed by atoms with E-state index in [1.54, 1.807) is 13.1 Å². The van der Waals surface area contributed by atoms with Gasteiger partial charge in [0.15, 0.2) is 5.96 Å². The monoisotopic (exact) mass is 320 g/mol. The van der Waals surface area contributed by atoms with Gasteiger partial charge in [0, 0.05) is 20.1 Å². The van der Waals surface area contributed by atoms with Crippen LogP contribution in [0, 0.1) is 12.7 Å². The quantitative estimate of drug-likeness (QED) is 0.460. The largest absolute Gasteiger partial charge is 0.356 e. The van der Waals surface area contributed by atoms with E-state index in [0.717, 1.165) is 37.5 Å². The van der Waals surface area contributed by atoms with Crippen LogP contribution < -0.4 is 10.6 Å². The highest BCUT2D eigenvalue weighted by molar-refractivity contribution is 5.79. The summed E-state index contributed by atoms with van der Waals surface area (Å²) in [4.78, 5) is 6.77. The first-order valence-corrected chi connectivity index (χ1v) is 8.61. The Balaban J connectivity index is 1.62. The Hall–Kier alpha value is -1.62. The molecule has 1 aliphatic heterocycles. The molecule has 0 amide bonds. The normalized spacial score (nSPS) is 15.9. The van der Waals surface area contributed by atoms with Gasteiger partial charge < -0.3 is 15.5 Å². The van der Waals surface area contributed by atoms with Crippen molar-refractivity contribution in [2.45, 2.75) is 32.6 Å². The van der Waals surface area contributed by atoms with Crippen LogP contribution in [0.1, 0.15) is 30.4 Å². The Morgan fingerprint density at radius 2 is 1.96 bits per heavy atom. The molecule has 23 heavy (non-hydrogen) atoms. The smallest absolute Gasteiger partial charge is 0.190 e. The van der Waals surface area contributed by atoms with Crippen LogP contribution in [0.25, 0.3) is 0 Å². The van der Waals surface area contributed by atoms with Crippen LogP contribution in [-0.4, -0.2) is 50.6 Å². The Labute approximate surface area is 139 Å². The first-order chi connectivity index (χ1) is 11.2. The second-order valence-electron chi connectivity index (χ2n) is 6.15. The number of guanidine groups is 1. The summed E-state index contributed by atoms with van der Waals surface area (Å²) in [5.41, 5.74) is 2.17. The fraction of sp³-hybridized carbons (Fsp3) is 0.611. The second kappa shape index (κ2) is 9.50. The number of likely N-dealkylation sites (tertiary alicyclic amines) is 1. The lowest BCUT2D eigenvalue weighted by atomic mass is 10.1. The van der Waals surface area contributed by atoms with E-state index in [1.165, 1.54) is 44.1 Å². The summed E-state index contributed by atoms with van der Waals surface area (Å²) in [5, 5.41) is 6.68. The molecule has 1 aromatic carbocycles. The molecule has 4 nitrogen and oxygen atoms in total. The summed E-state index contributed by atoms with van der Waals surface area (Å²) in [5.74, 6) is 0.667. The predicted molar refractivity (Wildman–Crippen MR) is 94.5 cm³/mol. The van der Waals surface area contributed by atoms with Gasteiger partial charge in [-0.15, -0.1) is 0 Å². The Bertz CT molecular complexity index is 510. The molecule has 128 valence electrons. The van der Waals surface area contributed by atoms with Crippen LogP contribution in [0.15, 0.2) is 23.2 Å². The van der Waals surface area contributed by atoms with Crippen molar-refractivity contribution >= 4 is 5.96 Å². The minimum Gasteiger partial charge on any atom is -0.356 e. The number of nitrogens with one attached hydrogen (secondary N) is 2. The lowest BCUT2D eigenvalue weighted by Gasteiger charge is -2.16. The average molecular weight is 320 g/mol. The van der Waals surface area contributed by atoms with E-state index in [1.807, 2.05) is 13.0 Å². The van der Waals surface area contributed by atoms with Gasteiger partial charge >= 0.3 is 0 Å². The lowest BCUT2D eigenvalue weighted by molar-refractivity contribution is 0.334. The van der Waals surface area contributed by atoms with Gasteiger partial charge in [0.1, 0.15) is 5.82 Å². The maximum atomic E-state index is 13.1. The van der Waals surface area contributed by atoms with Crippen LogP contribution in [0.5, 0.6) is 0 Å². The van der Waals surface area contributed by atoms with Gasteiger partial charge in [-0.05, 0) is 75.5 Å². The van der Waals surface area contributed by atoms with Crippen LogP contribution in [0.4, 0.5) is 4.39 Å². The molecule has 1 heterocycles. The van der Waals surface area contributed by atoms with E-state index in [2.05, 4.69) is 20.5 Å². The van der Waals surface area contributed by atoms with E-state index in [-0.39, 0.29) is 5.82 Å². The number of hydrogen-bond donors (Lipinski definition) is 2. The van der Waals surface area contributed by atoms with Gasteiger partial charge in [0.05, 0.1) is 0 Å². The molecular formula is C18H29FN4. The van der Waals surface area contributed by atoms with Crippen LogP contribution in [-0.2, 0) is 6.42 Å². The molecule has 1 aliphatic rings. The lowest BCUT2D eigenvalue weighted by Crippen LogP contribution is -2.39. The fourth-order valence-electron chi connectivity index (χ4n) is 2.99. The number of benzene rings is 1. The van der Waals surface area contributed by atoms with E-state index in [9.17, 15) is 4.39 Å². The minimum absolute atomic E-state index is 0.172. The molecular weight excluding hydrogens is 291 g/mol. The predicted octanol–water partition coefficient (Wildman–Crippen LogP) is 2.33. The van der Waals surface area contributed by atoms with E-state index < -0.39 is 0 Å². The van der Waals surface area contributed by atoms with Crippen molar-refractivity contribution in [1.29, 1.82) is 0 Å². The third kappa shape index (κ3) is 6.18. The molecule has 0 atom stereocenters. The summed E-state index contributed by atoms with van der Waals surface area (Å²) < 4.78 is 13.1. The summed E-state index contributed by atoms with van der Waals surface area (Å²) in [6.45, 7) is 7.35. The average Bonchev–Trinajstić information content (AvgIpc) is 3.05. The molecule has 2 N–H and O–H groups in total. The molecule has 1 saturated heterocycles. The van der Waals surface area contributed by atoms with Crippen molar-refractivity contribution < 1.29 is 4.39 Å². The van der Waals surface area contributed by atoms with Crippen LogP contribution >= 0.6 is 0 Å². The first-order valence-electron chi connectivity index (χ1n) is 8.61. The van der Waals surface area contributed by atoms with E-state index in [4.69, 9.17) is 0 Å². The summed E-state index contributed by atoms with van der Waals surface area (Å²) in [7, 11) is 1.79. The van der Waals surface area contributed by atoms with Crippen molar-refractivity contribution in [3.8, 4) is 0 Å². The molecule has 0 aliphatic carbocycles. The summed E-state index contributed by atoms with van der Waals surface area (Å²) >= 11 is 0. The van der Waals surface area contributed by atoms with Gasteiger partial charge in [-0.3, -0.25) is 4.99 Å². The third-order valence-electron chi connectivity index (χ3n) is 4.36. The number of halogens is 1. The molecule has 0 spiro atoms. The fourth-order valence-corrected chi connectivity index (χ4v) is 2.99.